The molecular formula is C33H31ClF2N4O4. The summed E-state index contributed by atoms with van der Waals surface area (Å²) in [4.78, 5) is 35.2. The molecule has 228 valence electrons. The van der Waals surface area contributed by atoms with Crippen molar-refractivity contribution < 1.29 is 23.4 Å². The number of phenolic OH excluding ortho intramolecular Hbond substituents is 1. The van der Waals surface area contributed by atoms with Crippen LogP contribution in [0, 0.1) is 18.6 Å². The van der Waals surface area contributed by atoms with Crippen LogP contribution in [0.25, 0.3) is 27.7 Å². The minimum absolute atomic E-state index is 0.0467. The Kier molecular flexibility index (Phi) is 7.36. The third kappa shape index (κ3) is 4.42. The van der Waals surface area contributed by atoms with E-state index in [-0.39, 0.29) is 70.0 Å². The second kappa shape index (κ2) is 10.9. The van der Waals surface area contributed by atoms with E-state index in [9.17, 15) is 14.7 Å². The van der Waals surface area contributed by atoms with E-state index in [1.807, 2.05) is 25.7 Å². The first-order chi connectivity index (χ1) is 21.0. The second-order valence-corrected chi connectivity index (χ2v) is 12.0. The van der Waals surface area contributed by atoms with Crippen LogP contribution in [0.15, 0.2) is 54.0 Å². The first-order valence-corrected chi connectivity index (χ1v) is 14.7. The molecule has 0 spiro atoms. The fourth-order valence-corrected chi connectivity index (χ4v) is 6.66. The van der Waals surface area contributed by atoms with E-state index in [2.05, 4.69) is 11.6 Å². The molecule has 44 heavy (non-hydrogen) atoms. The zero-order chi connectivity index (χ0) is 31.6. The number of aromatic nitrogens is 2. The lowest BCUT2D eigenvalue weighted by molar-refractivity contribution is -0.129. The Hall–Kier alpha value is -4.44. The van der Waals surface area contributed by atoms with E-state index in [1.165, 1.54) is 28.8 Å². The molecule has 0 saturated carbocycles. The number of ether oxygens (including phenoxy) is 1. The number of aromatic hydroxyl groups is 1. The highest BCUT2D eigenvalue weighted by molar-refractivity contribution is 6.33. The fourth-order valence-electron chi connectivity index (χ4n) is 6.40. The number of carbonyl (C=O) groups is 1. The van der Waals surface area contributed by atoms with Crippen molar-refractivity contribution in [3.05, 3.63) is 87.5 Å². The standard InChI is InChI=1S/C33H31ClF2N4O4/c1-6-24(42)38-14-19-15-44-32-31(39(19)13-18(38)5)20-12-22(35)26(25-21(34)8-7-9-23(25)41)27(36)30(20)40(33(32)43)29-17(4)10-11-37-28(29)16(2)3/h6-12,16,18-19,41H,1,13-15H2,2-5H3. The van der Waals surface area contributed by atoms with Gasteiger partial charge in [-0.25, -0.2) is 8.78 Å². The molecule has 11 heteroatoms. The van der Waals surface area contributed by atoms with Crippen LogP contribution in [-0.4, -0.2) is 57.2 Å². The van der Waals surface area contributed by atoms with E-state index < -0.39 is 28.5 Å². The number of hydrogen-bond acceptors (Lipinski definition) is 6. The Labute approximate surface area is 257 Å². The molecule has 0 aliphatic carbocycles. The summed E-state index contributed by atoms with van der Waals surface area (Å²) < 4.78 is 40.6. The maximum Gasteiger partial charge on any atom is 0.300 e. The maximum atomic E-state index is 17.1. The van der Waals surface area contributed by atoms with Gasteiger partial charge in [-0.3, -0.25) is 19.1 Å². The molecule has 1 N–H and O–H groups in total. The van der Waals surface area contributed by atoms with Gasteiger partial charge < -0.3 is 19.6 Å². The fraction of sp³-hybridized carbons (Fsp3) is 0.303. The number of fused-ring (bicyclic) bond motifs is 5. The summed E-state index contributed by atoms with van der Waals surface area (Å²) in [5.74, 6) is -2.90. The van der Waals surface area contributed by atoms with Gasteiger partial charge in [-0.15, -0.1) is 0 Å². The van der Waals surface area contributed by atoms with Crippen LogP contribution in [0.1, 0.15) is 37.9 Å². The van der Waals surface area contributed by atoms with Crippen molar-refractivity contribution in [1.29, 1.82) is 0 Å². The van der Waals surface area contributed by atoms with Crippen LogP contribution in [0.2, 0.25) is 5.02 Å². The van der Waals surface area contributed by atoms with Crippen LogP contribution in [-0.2, 0) is 4.79 Å². The smallest absolute Gasteiger partial charge is 0.300 e. The number of phenols is 1. The Morgan fingerprint density at radius 2 is 1.95 bits per heavy atom. The molecular weight excluding hydrogens is 590 g/mol. The van der Waals surface area contributed by atoms with Crippen LogP contribution >= 0.6 is 11.6 Å². The topological polar surface area (TPSA) is 87.9 Å². The van der Waals surface area contributed by atoms with E-state index >= 15 is 8.78 Å². The highest BCUT2D eigenvalue weighted by Crippen LogP contribution is 2.46. The average Bonchev–Trinajstić information content (AvgIpc) is 2.98. The van der Waals surface area contributed by atoms with E-state index in [0.29, 0.717) is 23.5 Å². The van der Waals surface area contributed by atoms with E-state index in [4.69, 9.17) is 16.3 Å². The number of nitrogens with zero attached hydrogens (tertiary/aromatic N) is 4. The lowest BCUT2D eigenvalue weighted by Gasteiger charge is -2.48. The third-order valence-corrected chi connectivity index (χ3v) is 8.77. The molecule has 0 radical (unpaired) electrons. The molecule has 1 amide bonds. The Morgan fingerprint density at radius 1 is 1.20 bits per heavy atom. The molecule has 4 aromatic rings. The average molecular weight is 621 g/mol. The normalized spacial score (nSPS) is 17.8. The molecule has 0 bridgehead atoms. The number of pyridine rings is 2. The van der Waals surface area contributed by atoms with Gasteiger partial charge in [0.25, 0.3) is 5.56 Å². The zero-order valence-electron chi connectivity index (χ0n) is 24.7. The molecule has 2 unspecified atom stereocenters. The third-order valence-electron chi connectivity index (χ3n) is 8.46. The second-order valence-electron chi connectivity index (χ2n) is 11.6. The van der Waals surface area contributed by atoms with Gasteiger partial charge in [0.15, 0.2) is 5.82 Å². The quantitative estimate of drug-likeness (QED) is 0.277. The summed E-state index contributed by atoms with van der Waals surface area (Å²) in [7, 11) is 0. The summed E-state index contributed by atoms with van der Waals surface area (Å²) in [6.07, 6.45) is 2.87. The summed E-state index contributed by atoms with van der Waals surface area (Å²) >= 11 is 6.37. The van der Waals surface area contributed by atoms with Crippen LogP contribution < -0.4 is 15.2 Å². The number of hydrogen-bond donors (Lipinski definition) is 1. The minimum atomic E-state index is -1.07. The van der Waals surface area contributed by atoms with Gasteiger partial charge in [0, 0.05) is 36.3 Å². The zero-order valence-corrected chi connectivity index (χ0v) is 25.5. The molecule has 1 saturated heterocycles. The van der Waals surface area contributed by atoms with Crippen molar-refractivity contribution in [1.82, 2.24) is 14.5 Å². The van der Waals surface area contributed by atoms with Gasteiger partial charge in [-0.05, 0) is 55.7 Å². The number of halogens is 3. The van der Waals surface area contributed by atoms with Crippen LogP contribution in [0.5, 0.6) is 11.5 Å². The Balaban J connectivity index is 1.75. The molecule has 2 atom stereocenters. The lowest BCUT2D eigenvalue weighted by Crippen LogP contribution is -2.62. The lowest BCUT2D eigenvalue weighted by atomic mass is 9.96. The number of amides is 1. The number of aryl methyl sites for hydroxylation is 1. The molecule has 8 nitrogen and oxygen atoms in total. The molecule has 1 fully saturated rings. The van der Waals surface area contributed by atoms with Crippen molar-refractivity contribution in [3.63, 3.8) is 0 Å². The highest BCUT2D eigenvalue weighted by atomic mass is 35.5. The number of rotatable bonds is 4. The van der Waals surface area contributed by atoms with Gasteiger partial charge in [0.05, 0.1) is 39.2 Å². The monoisotopic (exact) mass is 620 g/mol. The van der Waals surface area contributed by atoms with Gasteiger partial charge in [0.2, 0.25) is 11.7 Å². The van der Waals surface area contributed by atoms with Crippen molar-refractivity contribution in [3.8, 4) is 28.3 Å². The van der Waals surface area contributed by atoms with Gasteiger partial charge in [0.1, 0.15) is 18.2 Å². The first kappa shape index (κ1) is 29.6. The summed E-state index contributed by atoms with van der Waals surface area (Å²) in [6.45, 7) is 11.7. The van der Waals surface area contributed by atoms with Crippen molar-refractivity contribution in [2.24, 2.45) is 0 Å². The predicted octanol–water partition coefficient (Wildman–Crippen LogP) is 6.11. The molecule has 2 aromatic carbocycles. The van der Waals surface area contributed by atoms with E-state index in [0.717, 1.165) is 6.07 Å². The predicted molar refractivity (Wildman–Crippen MR) is 166 cm³/mol. The number of anilines is 1. The van der Waals surface area contributed by atoms with Gasteiger partial charge in [-0.1, -0.05) is 38.1 Å². The summed E-state index contributed by atoms with van der Waals surface area (Å²) in [6, 6.07) is 6.38. The molecule has 2 aromatic heterocycles. The van der Waals surface area contributed by atoms with Crippen LogP contribution in [0.3, 0.4) is 0 Å². The molecule has 2 aliphatic rings. The largest absolute Gasteiger partial charge is 0.507 e. The molecule has 4 heterocycles. The Morgan fingerprint density at radius 3 is 2.64 bits per heavy atom. The minimum Gasteiger partial charge on any atom is -0.507 e. The number of benzene rings is 2. The first-order valence-electron chi connectivity index (χ1n) is 14.3. The molecule has 2 aliphatic heterocycles. The van der Waals surface area contributed by atoms with Crippen molar-refractivity contribution in [2.75, 3.05) is 24.6 Å². The van der Waals surface area contributed by atoms with Crippen molar-refractivity contribution in [2.45, 2.75) is 45.7 Å². The number of carbonyl (C=O) groups excluding carboxylic acids is 1. The number of piperazine rings is 1. The van der Waals surface area contributed by atoms with Gasteiger partial charge in [-0.2, -0.15) is 0 Å². The van der Waals surface area contributed by atoms with Gasteiger partial charge >= 0.3 is 0 Å². The maximum absolute atomic E-state index is 17.1. The highest BCUT2D eigenvalue weighted by Gasteiger charge is 2.41. The summed E-state index contributed by atoms with van der Waals surface area (Å²) in [5, 5.41) is 10.7. The van der Waals surface area contributed by atoms with Crippen LogP contribution in [0.4, 0.5) is 14.5 Å². The molecule has 6 rings (SSSR count). The Bertz CT molecular complexity index is 1900. The van der Waals surface area contributed by atoms with E-state index in [1.54, 1.807) is 24.1 Å². The SMILES string of the molecule is C=CC(=O)N1CC2COc3c(c4cc(F)c(-c5c(O)cccc5Cl)c(F)c4n(-c4c(C)ccnc4C(C)C)c3=O)N2CC1C. The van der Waals surface area contributed by atoms with Crippen molar-refractivity contribution >= 4 is 34.1 Å². The summed E-state index contributed by atoms with van der Waals surface area (Å²) in [5.41, 5.74) is 0.161.